The zero-order valence-electron chi connectivity index (χ0n) is 18.8. The maximum atomic E-state index is 9.82. The first-order chi connectivity index (χ1) is 13.9. The lowest BCUT2D eigenvalue weighted by atomic mass is 10.0. The zero-order valence-corrected chi connectivity index (χ0v) is 19.6. The number of aromatic nitrogens is 3. The van der Waals surface area contributed by atoms with E-state index in [1.807, 2.05) is 4.90 Å². The summed E-state index contributed by atoms with van der Waals surface area (Å²) in [6, 6.07) is -0.0340. The van der Waals surface area contributed by atoms with Crippen molar-refractivity contribution in [1.82, 2.24) is 21.1 Å². The van der Waals surface area contributed by atoms with Gasteiger partial charge in [-0.1, -0.05) is 20.3 Å². The lowest BCUT2D eigenvalue weighted by Crippen LogP contribution is -2.53. The Morgan fingerprint density at radius 1 is 1.06 bits per heavy atom. The third-order valence-electron chi connectivity index (χ3n) is 5.99. The number of nitrogens with zero attached hydrogens (tertiary/aromatic N) is 5. The Kier molecular flexibility index (Phi) is 11.1. The van der Waals surface area contributed by atoms with E-state index in [-0.39, 0.29) is 56.7 Å². The molecule has 2 aliphatic heterocycles. The average Bonchev–Trinajstić information content (AvgIpc) is 2.70. The fraction of sp³-hybridized carbons (Fsp3) is 0.842. The molecule has 2 unspecified atom stereocenters. The van der Waals surface area contributed by atoms with E-state index in [9.17, 15) is 5.11 Å². The van der Waals surface area contributed by atoms with Crippen molar-refractivity contribution in [3.05, 3.63) is 0 Å². The summed E-state index contributed by atoms with van der Waals surface area (Å²) in [4.78, 5) is 18.2. The Hall–Kier alpha value is -1.50. The fourth-order valence-corrected chi connectivity index (χ4v) is 4.05. The minimum atomic E-state index is -0.127. The highest BCUT2D eigenvalue weighted by Crippen LogP contribution is 2.23. The predicted molar refractivity (Wildman–Crippen MR) is 130 cm³/mol. The van der Waals surface area contributed by atoms with Gasteiger partial charge in [0.1, 0.15) is 0 Å². The number of nitrogens with two attached hydrogens (primary N) is 3. The SMILES string of the molecule is CCC(C)C(CO)Nc1nc(N2CCC[C@H](N)C2)nc(N2C[C@H](N)C[C@H](N)C2)n1.Cl.N.[HH]. The third-order valence-corrected chi connectivity index (χ3v) is 5.99. The molecule has 0 aromatic carbocycles. The molecule has 0 bridgehead atoms. The minimum Gasteiger partial charge on any atom is -0.394 e. The summed E-state index contributed by atoms with van der Waals surface area (Å²) < 4.78 is 0. The molecule has 0 spiro atoms. The normalized spacial score (nSPS) is 25.8. The molecule has 0 radical (unpaired) electrons. The van der Waals surface area contributed by atoms with Crippen LogP contribution in [0.5, 0.6) is 0 Å². The molecule has 11 N–H and O–H groups in total. The number of hydrogen-bond donors (Lipinski definition) is 6. The molecular weight excluding hydrogens is 420 g/mol. The summed E-state index contributed by atoms with van der Waals surface area (Å²) >= 11 is 0. The molecular formula is C19H43ClN10O. The van der Waals surface area contributed by atoms with Gasteiger partial charge < -0.3 is 43.6 Å². The second-order valence-corrected chi connectivity index (χ2v) is 8.59. The second-order valence-electron chi connectivity index (χ2n) is 8.59. The minimum absolute atomic E-state index is 0. The monoisotopic (exact) mass is 462 g/mol. The number of rotatable bonds is 7. The molecule has 1 aromatic heterocycles. The van der Waals surface area contributed by atoms with Crippen LogP contribution in [0.25, 0.3) is 0 Å². The topological polar surface area (TPSA) is 190 Å². The molecule has 3 heterocycles. The van der Waals surface area contributed by atoms with Gasteiger partial charge in [0, 0.05) is 45.7 Å². The molecule has 0 amide bonds. The molecule has 31 heavy (non-hydrogen) atoms. The molecule has 3 rings (SSSR count). The van der Waals surface area contributed by atoms with E-state index < -0.39 is 0 Å². The predicted octanol–water partition coefficient (Wildman–Crippen LogP) is 0.313. The van der Waals surface area contributed by atoms with Crippen molar-refractivity contribution in [2.24, 2.45) is 23.1 Å². The molecule has 12 heteroatoms. The first-order valence-electron chi connectivity index (χ1n) is 10.8. The van der Waals surface area contributed by atoms with Crippen LogP contribution in [0.2, 0.25) is 0 Å². The van der Waals surface area contributed by atoms with Gasteiger partial charge in [0.15, 0.2) is 0 Å². The van der Waals surface area contributed by atoms with E-state index >= 15 is 0 Å². The number of piperidine rings is 2. The first kappa shape index (κ1) is 27.5. The van der Waals surface area contributed by atoms with Crippen molar-refractivity contribution in [3.8, 4) is 0 Å². The standard InChI is InChI=1S/C19H37N9O.ClH.H3N.H2/c1-3-12(2)16(11-29)23-17-24-18(27-6-4-5-13(20)8-27)26-19(25-17)28-9-14(21)7-15(22)10-28;;;/h12-16,29H,3-11,20-22H2,1-2H3,(H,23,24,25,26);1H;1H3;1H/t12?,13-,14-,15+,16?;;;/m0.../s1. The molecule has 11 nitrogen and oxygen atoms in total. The summed E-state index contributed by atoms with van der Waals surface area (Å²) in [5, 5.41) is 13.1. The lowest BCUT2D eigenvalue weighted by molar-refractivity contribution is 0.240. The smallest absolute Gasteiger partial charge is 0.232 e. The van der Waals surface area contributed by atoms with Crippen molar-refractivity contribution in [2.45, 2.75) is 63.7 Å². The van der Waals surface area contributed by atoms with Crippen LogP contribution in [0.1, 0.15) is 41.0 Å². The Bertz CT molecular complexity index is 665. The van der Waals surface area contributed by atoms with E-state index in [1.165, 1.54) is 0 Å². The number of halogens is 1. The average molecular weight is 463 g/mol. The summed E-state index contributed by atoms with van der Waals surface area (Å²) in [5.74, 6) is 1.93. The van der Waals surface area contributed by atoms with Crippen molar-refractivity contribution in [3.63, 3.8) is 0 Å². The van der Waals surface area contributed by atoms with Gasteiger partial charge in [-0.15, -0.1) is 12.4 Å². The van der Waals surface area contributed by atoms with Crippen LogP contribution in [-0.2, 0) is 0 Å². The van der Waals surface area contributed by atoms with Gasteiger partial charge in [0.25, 0.3) is 0 Å². The number of aliphatic hydroxyl groups is 1. The van der Waals surface area contributed by atoms with E-state index in [0.717, 1.165) is 38.8 Å². The number of hydrogen-bond acceptors (Lipinski definition) is 11. The lowest BCUT2D eigenvalue weighted by Gasteiger charge is -2.36. The van der Waals surface area contributed by atoms with Crippen LogP contribution >= 0.6 is 12.4 Å². The fourth-order valence-electron chi connectivity index (χ4n) is 4.05. The van der Waals surface area contributed by atoms with Gasteiger partial charge in [-0.3, -0.25) is 0 Å². The Morgan fingerprint density at radius 2 is 1.65 bits per heavy atom. The van der Waals surface area contributed by atoms with Crippen LogP contribution < -0.4 is 38.5 Å². The van der Waals surface area contributed by atoms with Crippen LogP contribution in [0.15, 0.2) is 0 Å². The number of nitrogens with one attached hydrogen (secondary N) is 1. The molecule has 0 aliphatic carbocycles. The number of aliphatic hydroxyl groups excluding tert-OH is 1. The van der Waals surface area contributed by atoms with Gasteiger partial charge in [-0.2, -0.15) is 15.0 Å². The molecule has 182 valence electrons. The highest BCUT2D eigenvalue weighted by Gasteiger charge is 2.27. The van der Waals surface area contributed by atoms with Crippen molar-refractivity contribution >= 4 is 30.3 Å². The maximum absolute atomic E-state index is 9.82. The molecule has 5 atom stereocenters. The van der Waals surface area contributed by atoms with Crippen molar-refractivity contribution in [1.29, 1.82) is 0 Å². The van der Waals surface area contributed by atoms with Gasteiger partial charge in [-0.25, -0.2) is 0 Å². The maximum Gasteiger partial charge on any atom is 0.232 e. The summed E-state index contributed by atoms with van der Waals surface area (Å²) in [7, 11) is 0. The van der Waals surface area contributed by atoms with Crippen LogP contribution in [0, 0.1) is 5.92 Å². The highest BCUT2D eigenvalue weighted by molar-refractivity contribution is 5.85. The summed E-state index contributed by atoms with van der Waals surface area (Å²) in [5.41, 5.74) is 18.5. The van der Waals surface area contributed by atoms with Crippen LogP contribution in [0.3, 0.4) is 0 Å². The van der Waals surface area contributed by atoms with E-state index in [0.29, 0.717) is 30.9 Å². The Balaban J connectivity index is 0.00000320. The highest BCUT2D eigenvalue weighted by atomic mass is 35.5. The summed E-state index contributed by atoms with van der Waals surface area (Å²) in [6.45, 7) is 7.12. The van der Waals surface area contributed by atoms with Crippen LogP contribution in [-0.4, -0.2) is 77.0 Å². The van der Waals surface area contributed by atoms with E-state index in [1.54, 1.807) is 0 Å². The van der Waals surface area contributed by atoms with E-state index in [4.69, 9.17) is 22.2 Å². The molecule has 1 aromatic rings. The third kappa shape index (κ3) is 7.26. The van der Waals surface area contributed by atoms with Crippen molar-refractivity contribution in [2.75, 3.05) is 47.9 Å². The Morgan fingerprint density at radius 3 is 2.19 bits per heavy atom. The quantitative estimate of drug-likeness (QED) is 0.326. The zero-order chi connectivity index (χ0) is 21.0. The largest absolute Gasteiger partial charge is 0.394 e. The van der Waals surface area contributed by atoms with Gasteiger partial charge in [-0.05, 0) is 25.2 Å². The molecule has 0 saturated carbocycles. The molecule has 2 aliphatic rings. The first-order valence-corrected chi connectivity index (χ1v) is 10.8. The number of anilines is 3. The van der Waals surface area contributed by atoms with E-state index in [2.05, 4.69) is 34.0 Å². The van der Waals surface area contributed by atoms with Gasteiger partial charge >= 0.3 is 0 Å². The molecule has 2 saturated heterocycles. The van der Waals surface area contributed by atoms with Crippen molar-refractivity contribution < 1.29 is 6.53 Å². The molecule has 2 fully saturated rings. The Labute approximate surface area is 193 Å². The van der Waals surface area contributed by atoms with Gasteiger partial charge in [0.05, 0.1) is 12.6 Å². The summed E-state index contributed by atoms with van der Waals surface area (Å²) in [6.07, 6.45) is 3.76. The van der Waals surface area contributed by atoms with Crippen LogP contribution in [0.4, 0.5) is 17.8 Å². The second kappa shape index (κ2) is 12.5. The van der Waals surface area contributed by atoms with Gasteiger partial charge in [0.2, 0.25) is 17.8 Å².